The SMILES string of the molecule is Cc1nc(CC(=O)N(Cc2cccnc2)c2ccccc2)no1. The molecule has 0 saturated carbocycles. The van der Waals surface area contributed by atoms with Crippen LogP contribution in [0.4, 0.5) is 5.69 Å². The van der Waals surface area contributed by atoms with Crippen molar-refractivity contribution in [2.45, 2.75) is 19.9 Å². The van der Waals surface area contributed by atoms with E-state index < -0.39 is 0 Å². The second-order valence-electron chi connectivity index (χ2n) is 5.08. The predicted octanol–water partition coefficient (Wildman–Crippen LogP) is 2.55. The molecule has 3 aromatic rings. The Kier molecular flexibility index (Phi) is 4.42. The largest absolute Gasteiger partial charge is 0.340 e. The number of carbonyl (C=O) groups is 1. The van der Waals surface area contributed by atoms with Gasteiger partial charge in [-0.05, 0) is 23.8 Å². The molecular weight excluding hydrogens is 292 g/mol. The van der Waals surface area contributed by atoms with Gasteiger partial charge in [0.25, 0.3) is 0 Å². The number of pyridine rings is 1. The second kappa shape index (κ2) is 6.83. The number of carbonyl (C=O) groups excluding carboxylic acids is 1. The summed E-state index contributed by atoms with van der Waals surface area (Å²) in [7, 11) is 0. The molecule has 0 saturated heterocycles. The van der Waals surface area contributed by atoms with Crippen LogP contribution in [0.2, 0.25) is 0 Å². The second-order valence-corrected chi connectivity index (χ2v) is 5.08. The molecule has 1 aromatic carbocycles. The minimum atomic E-state index is -0.0964. The van der Waals surface area contributed by atoms with Crippen LogP contribution in [0.1, 0.15) is 17.3 Å². The summed E-state index contributed by atoms with van der Waals surface area (Å²) >= 11 is 0. The van der Waals surface area contributed by atoms with Gasteiger partial charge in [-0.25, -0.2) is 0 Å². The quantitative estimate of drug-likeness (QED) is 0.724. The summed E-state index contributed by atoms with van der Waals surface area (Å²) < 4.78 is 4.93. The lowest BCUT2D eigenvalue weighted by Crippen LogP contribution is -2.32. The molecule has 0 spiro atoms. The van der Waals surface area contributed by atoms with Crippen LogP contribution in [-0.4, -0.2) is 21.0 Å². The molecule has 0 aliphatic heterocycles. The molecule has 116 valence electrons. The van der Waals surface area contributed by atoms with Crippen LogP contribution in [0.25, 0.3) is 0 Å². The highest BCUT2D eigenvalue weighted by Gasteiger charge is 2.19. The third-order valence-corrected chi connectivity index (χ3v) is 3.31. The van der Waals surface area contributed by atoms with Gasteiger partial charge in [0.05, 0.1) is 13.0 Å². The van der Waals surface area contributed by atoms with Gasteiger partial charge in [-0.15, -0.1) is 0 Å². The van der Waals surface area contributed by atoms with Crippen LogP contribution in [0.5, 0.6) is 0 Å². The van der Waals surface area contributed by atoms with Gasteiger partial charge < -0.3 is 9.42 Å². The van der Waals surface area contributed by atoms with E-state index in [4.69, 9.17) is 4.52 Å². The average Bonchev–Trinajstić information content (AvgIpc) is 2.99. The van der Waals surface area contributed by atoms with Crippen molar-refractivity contribution in [2.75, 3.05) is 4.90 Å². The minimum absolute atomic E-state index is 0.0898. The predicted molar refractivity (Wildman–Crippen MR) is 84.6 cm³/mol. The molecule has 3 rings (SSSR count). The van der Waals surface area contributed by atoms with E-state index in [1.807, 2.05) is 42.5 Å². The third kappa shape index (κ3) is 3.79. The standard InChI is InChI=1S/C17H16N4O2/c1-13-19-16(20-23-13)10-17(22)21(15-7-3-2-4-8-15)12-14-6-5-9-18-11-14/h2-9,11H,10,12H2,1H3. The molecule has 0 N–H and O–H groups in total. The lowest BCUT2D eigenvalue weighted by atomic mass is 10.2. The number of hydrogen-bond acceptors (Lipinski definition) is 5. The number of aromatic nitrogens is 3. The van der Waals surface area contributed by atoms with Crippen LogP contribution in [-0.2, 0) is 17.8 Å². The number of hydrogen-bond donors (Lipinski definition) is 0. The summed E-state index contributed by atoms with van der Waals surface area (Å²) in [4.78, 5) is 22.6. The number of aryl methyl sites for hydroxylation is 1. The number of nitrogens with zero attached hydrogens (tertiary/aromatic N) is 4. The van der Waals surface area contributed by atoms with Crippen molar-refractivity contribution in [3.8, 4) is 0 Å². The third-order valence-electron chi connectivity index (χ3n) is 3.31. The molecule has 0 aliphatic rings. The molecule has 0 aliphatic carbocycles. The molecule has 2 heterocycles. The van der Waals surface area contributed by atoms with Gasteiger partial charge in [-0.2, -0.15) is 4.98 Å². The van der Waals surface area contributed by atoms with E-state index in [2.05, 4.69) is 15.1 Å². The summed E-state index contributed by atoms with van der Waals surface area (Å²) in [5.74, 6) is 0.742. The summed E-state index contributed by atoms with van der Waals surface area (Å²) in [6.45, 7) is 2.14. The Hall–Kier alpha value is -3.02. The summed E-state index contributed by atoms with van der Waals surface area (Å²) in [6, 6.07) is 13.3. The van der Waals surface area contributed by atoms with Gasteiger partial charge in [-0.1, -0.05) is 29.4 Å². The summed E-state index contributed by atoms with van der Waals surface area (Å²) in [5.41, 5.74) is 1.77. The molecule has 0 unspecified atom stereocenters. The maximum atomic E-state index is 12.7. The first-order valence-electron chi connectivity index (χ1n) is 7.26. The van der Waals surface area contributed by atoms with Crippen LogP contribution < -0.4 is 4.90 Å². The maximum Gasteiger partial charge on any atom is 0.235 e. The van der Waals surface area contributed by atoms with Gasteiger partial charge in [0.2, 0.25) is 11.8 Å². The highest BCUT2D eigenvalue weighted by atomic mass is 16.5. The Morgan fingerprint density at radius 2 is 2.00 bits per heavy atom. The molecule has 6 nitrogen and oxygen atoms in total. The molecule has 0 radical (unpaired) electrons. The zero-order valence-corrected chi connectivity index (χ0v) is 12.7. The first-order chi connectivity index (χ1) is 11.2. The number of para-hydroxylation sites is 1. The van der Waals surface area contributed by atoms with E-state index in [-0.39, 0.29) is 12.3 Å². The van der Waals surface area contributed by atoms with E-state index in [1.165, 1.54) is 0 Å². The highest BCUT2D eigenvalue weighted by Crippen LogP contribution is 2.18. The van der Waals surface area contributed by atoms with Crippen molar-refractivity contribution in [1.29, 1.82) is 0 Å². The fourth-order valence-corrected chi connectivity index (χ4v) is 2.25. The van der Waals surface area contributed by atoms with E-state index in [1.54, 1.807) is 24.2 Å². The zero-order chi connectivity index (χ0) is 16.1. The molecule has 1 amide bonds. The smallest absolute Gasteiger partial charge is 0.235 e. The number of amides is 1. The zero-order valence-electron chi connectivity index (χ0n) is 12.7. The normalized spacial score (nSPS) is 10.5. The van der Waals surface area contributed by atoms with Crippen LogP contribution >= 0.6 is 0 Å². The molecule has 2 aromatic heterocycles. The lowest BCUT2D eigenvalue weighted by molar-refractivity contribution is -0.118. The number of rotatable bonds is 5. The van der Waals surface area contributed by atoms with Crippen molar-refractivity contribution in [1.82, 2.24) is 15.1 Å². The first kappa shape index (κ1) is 14.9. The van der Waals surface area contributed by atoms with Crippen molar-refractivity contribution < 1.29 is 9.32 Å². The minimum Gasteiger partial charge on any atom is -0.340 e. The Bertz CT molecular complexity index is 772. The fourth-order valence-electron chi connectivity index (χ4n) is 2.25. The van der Waals surface area contributed by atoms with Crippen LogP contribution in [0, 0.1) is 6.92 Å². The topological polar surface area (TPSA) is 72.1 Å². The van der Waals surface area contributed by atoms with Crippen LogP contribution in [0.3, 0.4) is 0 Å². The number of anilines is 1. The summed E-state index contributed by atoms with van der Waals surface area (Å²) in [6.07, 6.45) is 3.55. The Morgan fingerprint density at radius 1 is 1.17 bits per heavy atom. The molecule has 6 heteroatoms. The lowest BCUT2D eigenvalue weighted by Gasteiger charge is -2.22. The molecule has 0 fully saturated rings. The first-order valence-corrected chi connectivity index (χ1v) is 7.26. The molecule has 0 atom stereocenters. The van der Waals surface area contributed by atoms with E-state index in [0.29, 0.717) is 18.3 Å². The van der Waals surface area contributed by atoms with E-state index in [0.717, 1.165) is 11.3 Å². The average molecular weight is 308 g/mol. The van der Waals surface area contributed by atoms with Gasteiger partial charge in [0.15, 0.2) is 5.82 Å². The van der Waals surface area contributed by atoms with E-state index in [9.17, 15) is 4.79 Å². The van der Waals surface area contributed by atoms with Gasteiger partial charge >= 0.3 is 0 Å². The van der Waals surface area contributed by atoms with Crippen LogP contribution in [0.15, 0.2) is 59.4 Å². The highest BCUT2D eigenvalue weighted by molar-refractivity contribution is 5.94. The number of benzene rings is 1. The molecular formula is C17H16N4O2. The molecule has 0 bridgehead atoms. The van der Waals surface area contributed by atoms with Gasteiger partial charge in [0.1, 0.15) is 0 Å². The van der Waals surface area contributed by atoms with Crippen molar-refractivity contribution in [3.05, 3.63) is 72.1 Å². The van der Waals surface area contributed by atoms with E-state index >= 15 is 0 Å². The Morgan fingerprint density at radius 3 is 2.65 bits per heavy atom. The monoisotopic (exact) mass is 308 g/mol. The maximum absolute atomic E-state index is 12.7. The Balaban J connectivity index is 1.84. The van der Waals surface area contributed by atoms with Crippen molar-refractivity contribution >= 4 is 11.6 Å². The Labute approximate surface area is 133 Å². The van der Waals surface area contributed by atoms with Gasteiger partial charge in [0, 0.05) is 25.0 Å². The summed E-state index contributed by atoms with van der Waals surface area (Å²) in [5, 5.41) is 3.79. The van der Waals surface area contributed by atoms with Crippen molar-refractivity contribution in [2.24, 2.45) is 0 Å². The molecule has 23 heavy (non-hydrogen) atoms. The van der Waals surface area contributed by atoms with Gasteiger partial charge in [-0.3, -0.25) is 9.78 Å². The fraction of sp³-hybridized carbons (Fsp3) is 0.176. The van der Waals surface area contributed by atoms with Crippen molar-refractivity contribution in [3.63, 3.8) is 0 Å².